The van der Waals surface area contributed by atoms with Gasteiger partial charge in [-0.15, -0.1) is 0 Å². The molecule has 2 atom stereocenters. The summed E-state index contributed by atoms with van der Waals surface area (Å²) in [6.45, 7) is 1.98. The van der Waals surface area contributed by atoms with Crippen molar-refractivity contribution in [1.82, 2.24) is 5.32 Å². The van der Waals surface area contributed by atoms with E-state index in [-0.39, 0.29) is 6.54 Å². The fourth-order valence-corrected chi connectivity index (χ4v) is 1.69. The van der Waals surface area contributed by atoms with Crippen LogP contribution >= 0.6 is 0 Å². The third kappa shape index (κ3) is 2.73. The summed E-state index contributed by atoms with van der Waals surface area (Å²) in [6, 6.07) is 0.337. The molecule has 0 spiro atoms. The van der Waals surface area contributed by atoms with Crippen molar-refractivity contribution < 1.29 is 8.78 Å². The number of alkyl halides is 2. The molecule has 11 heavy (non-hydrogen) atoms. The number of halogens is 2. The molecule has 0 saturated heterocycles. The Morgan fingerprint density at radius 2 is 2.18 bits per heavy atom. The molecule has 0 bridgehead atoms. The van der Waals surface area contributed by atoms with E-state index in [9.17, 15) is 8.78 Å². The Kier molecular flexibility index (Phi) is 3.24. The third-order valence-corrected chi connectivity index (χ3v) is 2.40. The zero-order chi connectivity index (χ0) is 8.27. The maximum atomic E-state index is 11.8. The summed E-state index contributed by atoms with van der Waals surface area (Å²) in [5.74, 6) is 0.578. The standard InChI is InChI=1S/C8H15F2N/c1-6-3-2-4-7(6)11-5-8(9)10/h6-8,11H,2-5H2,1H3. The van der Waals surface area contributed by atoms with Gasteiger partial charge in [0.15, 0.2) is 0 Å². The van der Waals surface area contributed by atoms with Crippen molar-refractivity contribution in [3.8, 4) is 0 Å². The number of hydrogen-bond donors (Lipinski definition) is 1. The van der Waals surface area contributed by atoms with Gasteiger partial charge in [0.05, 0.1) is 6.54 Å². The van der Waals surface area contributed by atoms with Crippen molar-refractivity contribution in [2.45, 2.75) is 38.7 Å². The molecule has 2 unspecified atom stereocenters. The normalized spacial score (nSPS) is 31.6. The molecule has 1 saturated carbocycles. The number of nitrogens with one attached hydrogen (secondary N) is 1. The molecule has 1 aliphatic carbocycles. The van der Waals surface area contributed by atoms with E-state index < -0.39 is 6.43 Å². The molecule has 0 aliphatic heterocycles. The van der Waals surface area contributed by atoms with Crippen LogP contribution in [-0.4, -0.2) is 19.0 Å². The van der Waals surface area contributed by atoms with Gasteiger partial charge in [0.2, 0.25) is 0 Å². The average Bonchev–Trinajstić information content (AvgIpc) is 2.31. The van der Waals surface area contributed by atoms with Crippen LogP contribution < -0.4 is 5.32 Å². The lowest BCUT2D eigenvalue weighted by molar-refractivity contribution is 0.139. The minimum Gasteiger partial charge on any atom is -0.308 e. The zero-order valence-electron chi connectivity index (χ0n) is 6.82. The Morgan fingerprint density at radius 3 is 2.64 bits per heavy atom. The first-order chi connectivity index (χ1) is 5.20. The molecule has 0 heterocycles. The maximum absolute atomic E-state index is 11.8. The fraction of sp³-hybridized carbons (Fsp3) is 1.00. The van der Waals surface area contributed by atoms with E-state index in [0.717, 1.165) is 6.42 Å². The zero-order valence-corrected chi connectivity index (χ0v) is 6.82. The van der Waals surface area contributed by atoms with Gasteiger partial charge in [0.25, 0.3) is 6.43 Å². The molecule has 66 valence electrons. The Hall–Kier alpha value is -0.180. The smallest absolute Gasteiger partial charge is 0.250 e. The SMILES string of the molecule is CC1CCCC1NCC(F)F. The topological polar surface area (TPSA) is 12.0 Å². The lowest BCUT2D eigenvalue weighted by Crippen LogP contribution is -2.34. The van der Waals surface area contributed by atoms with Crippen LogP contribution in [0.1, 0.15) is 26.2 Å². The minimum absolute atomic E-state index is 0.144. The van der Waals surface area contributed by atoms with Gasteiger partial charge in [-0.3, -0.25) is 0 Å². The molecule has 1 aliphatic rings. The second-order valence-corrected chi connectivity index (χ2v) is 3.31. The lowest BCUT2D eigenvalue weighted by atomic mass is 10.1. The summed E-state index contributed by atoms with van der Waals surface area (Å²) in [6.07, 6.45) is 1.22. The highest BCUT2D eigenvalue weighted by Gasteiger charge is 2.23. The predicted molar refractivity (Wildman–Crippen MR) is 40.8 cm³/mol. The van der Waals surface area contributed by atoms with Crippen molar-refractivity contribution in [2.75, 3.05) is 6.54 Å². The molecule has 1 rings (SSSR count). The van der Waals surface area contributed by atoms with Crippen LogP contribution in [0.3, 0.4) is 0 Å². The molecule has 1 fully saturated rings. The summed E-state index contributed by atoms with van der Waals surface area (Å²) in [5.41, 5.74) is 0. The molecule has 1 N–H and O–H groups in total. The molecular formula is C8H15F2N. The van der Waals surface area contributed by atoms with E-state index in [1.165, 1.54) is 12.8 Å². The van der Waals surface area contributed by atoms with E-state index in [4.69, 9.17) is 0 Å². The molecule has 0 amide bonds. The van der Waals surface area contributed by atoms with Gasteiger partial charge in [-0.05, 0) is 18.8 Å². The Balaban J connectivity index is 2.15. The van der Waals surface area contributed by atoms with Gasteiger partial charge < -0.3 is 5.32 Å². The second-order valence-electron chi connectivity index (χ2n) is 3.31. The molecule has 0 aromatic heterocycles. The van der Waals surface area contributed by atoms with Gasteiger partial charge in [-0.1, -0.05) is 13.3 Å². The van der Waals surface area contributed by atoms with Crippen molar-refractivity contribution >= 4 is 0 Å². The largest absolute Gasteiger partial charge is 0.308 e. The van der Waals surface area contributed by atoms with E-state index in [1.54, 1.807) is 0 Å². The quantitative estimate of drug-likeness (QED) is 0.671. The Bertz CT molecular complexity index is 117. The fourth-order valence-electron chi connectivity index (χ4n) is 1.69. The second kappa shape index (κ2) is 4.00. The van der Waals surface area contributed by atoms with E-state index in [1.807, 2.05) is 0 Å². The van der Waals surface area contributed by atoms with Crippen LogP contribution in [0.25, 0.3) is 0 Å². The predicted octanol–water partition coefficient (Wildman–Crippen LogP) is 2.03. The summed E-state index contributed by atoms with van der Waals surface area (Å²) in [4.78, 5) is 0. The highest BCUT2D eigenvalue weighted by atomic mass is 19.3. The van der Waals surface area contributed by atoms with Crippen LogP contribution in [0.15, 0.2) is 0 Å². The van der Waals surface area contributed by atoms with Crippen molar-refractivity contribution in [3.63, 3.8) is 0 Å². The van der Waals surface area contributed by atoms with Gasteiger partial charge in [-0.25, -0.2) is 8.78 Å². The van der Waals surface area contributed by atoms with Crippen LogP contribution in [-0.2, 0) is 0 Å². The maximum Gasteiger partial charge on any atom is 0.250 e. The van der Waals surface area contributed by atoms with Gasteiger partial charge in [-0.2, -0.15) is 0 Å². The highest BCUT2D eigenvalue weighted by molar-refractivity contribution is 4.79. The summed E-state index contributed by atoms with van der Waals surface area (Å²) < 4.78 is 23.5. The monoisotopic (exact) mass is 163 g/mol. The van der Waals surface area contributed by atoms with Crippen molar-refractivity contribution in [2.24, 2.45) is 5.92 Å². The molecule has 0 aromatic rings. The lowest BCUT2D eigenvalue weighted by Gasteiger charge is -2.16. The Labute approximate surface area is 66.2 Å². The van der Waals surface area contributed by atoms with Crippen molar-refractivity contribution in [3.05, 3.63) is 0 Å². The van der Waals surface area contributed by atoms with Crippen molar-refractivity contribution in [1.29, 1.82) is 0 Å². The van der Waals surface area contributed by atoms with Crippen LogP contribution in [0, 0.1) is 5.92 Å². The minimum atomic E-state index is -2.21. The van der Waals surface area contributed by atoms with Gasteiger partial charge in [0, 0.05) is 6.04 Å². The third-order valence-electron chi connectivity index (χ3n) is 2.40. The average molecular weight is 163 g/mol. The number of rotatable bonds is 3. The molecule has 1 nitrogen and oxygen atoms in total. The highest BCUT2D eigenvalue weighted by Crippen LogP contribution is 2.24. The van der Waals surface area contributed by atoms with E-state index in [0.29, 0.717) is 12.0 Å². The first kappa shape index (κ1) is 8.91. The van der Waals surface area contributed by atoms with E-state index >= 15 is 0 Å². The first-order valence-electron chi connectivity index (χ1n) is 4.21. The molecular weight excluding hydrogens is 148 g/mol. The van der Waals surface area contributed by atoms with E-state index in [2.05, 4.69) is 12.2 Å². The molecule has 0 radical (unpaired) electrons. The summed E-state index contributed by atoms with van der Waals surface area (Å²) in [7, 11) is 0. The van der Waals surface area contributed by atoms with Crippen LogP contribution in [0.2, 0.25) is 0 Å². The number of hydrogen-bond acceptors (Lipinski definition) is 1. The molecule has 3 heteroatoms. The summed E-state index contributed by atoms with van der Waals surface area (Å²) >= 11 is 0. The van der Waals surface area contributed by atoms with Crippen LogP contribution in [0.5, 0.6) is 0 Å². The van der Waals surface area contributed by atoms with Crippen LogP contribution in [0.4, 0.5) is 8.78 Å². The van der Waals surface area contributed by atoms with Gasteiger partial charge in [0.1, 0.15) is 0 Å². The Morgan fingerprint density at radius 1 is 1.45 bits per heavy atom. The van der Waals surface area contributed by atoms with Gasteiger partial charge >= 0.3 is 0 Å². The first-order valence-corrected chi connectivity index (χ1v) is 4.21. The molecule has 0 aromatic carbocycles. The summed E-state index contributed by atoms with van der Waals surface area (Å²) in [5, 5.41) is 2.88.